The van der Waals surface area contributed by atoms with E-state index in [-0.39, 0.29) is 5.91 Å². The van der Waals surface area contributed by atoms with Crippen LogP contribution >= 0.6 is 34.7 Å². The zero-order chi connectivity index (χ0) is 22.3. The second-order valence-electron chi connectivity index (χ2n) is 7.70. The minimum atomic E-state index is 0.120. The molecule has 1 amide bonds. The molecule has 5 nitrogen and oxygen atoms in total. The van der Waals surface area contributed by atoms with E-state index >= 15 is 0 Å². The van der Waals surface area contributed by atoms with Crippen molar-refractivity contribution < 1.29 is 9.53 Å². The molecule has 2 aromatic carbocycles. The van der Waals surface area contributed by atoms with Crippen LogP contribution in [0, 0.1) is 0 Å². The molecule has 1 aliphatic heterocycles. The smallest absolute Gasteiger partial charge is 0.229 e. The van der Waals surface area contributed by atoms with Crippen LogP contribution in [0.5, 0.6) is 0 Å². The van der Waals surface area contributed by atoms with E-state index in [1.807, 2.05) is 29.2 Å². The van der Waals surface area contributed by atoms with Crippen molar-refractivity contribution in [1.29, 1.82) is 0 Å². The van der Waals surface area contributed by atoms with Crippen molar-refractivity contribution in [2.75, 3.05) is 50.0 Å². The average molecular weight is 490 g/mol. The number of carbonyl (C=O) groups excluding carboxylic acids is 1. The molecule has 1 aliphatic rings. The summed E-state index contributed by atoms with van der Waals surface area (Å²) in [5.41, 5.74) is 2.25. The fraction of sp³-hybridized carbons (Fsp3) is 0.417. The fourth-order valence-electron chi connectivity index (χ4n) is 3.61. The van der Waals surface area contributed by atoms with Crippen molar-refractivity contribution in [3.8, 4) is 0 Å². The molecule has 32 heavy (non-hydrogen) atoms. The molecule has 170 valence electrons. The molecule has 0 spiro atoms. The predicted molar refractivity (Wildman–Crippen MR) is 135 cm³/mol. The number of benzene rings is 2. The van der Waals surface area contributed by atoms with Crippen LogP contribution in [-0.4, -0.2) is 60.9 Å². The lowest BCUT2D eigenvalue weighted by Crippen LogP contribution is -2.43. The number of morpholine rings is 1. The molecule has 3 aromatic rings. The summed E-state index contributed by atoms with van der Waals surface area (Å²) in [6, 6.07) is 14.1. The van der Waals surface area contributed by atoms with Gasteiger partial charge < -0.3 is 4.74 Å². The van der Waals surface area contributed by atoms with E-state index in [0.29, 0.717) is 13.0 Å². The largest absolute Gasteiger partial charge is 0.379 e. The van der Waals surface area contributed by atoms with Gasteiger partial charge in [-0.15, -0.1) is 11.8 Å². The monoisotopic (exact) mass is 489 g/mol. The number of thioether (sulfide) groups is 1. The highest BCUT2D eigenvalue weighted by atomic mass is 35.5. The number of fused-ring (bicyclic) bond motifs is 1. The Morgan fingerprint density at radius 2 is 2.00 bits per heavy atom. The number of rotatable bonds is 9. The first kappa shape index (κ1) is 23.5. The lowest BCUT2D eigenvalue weighted by atomic mass is 10.2. The van der Waals surface area contributed by atoms with Crippen LogP contribution in [0.4, 0.5) is 5.13 Å². The molecule has 4 rings (SSSR count). The molecule has 0 saturated carbocycles. The number of amides is 1. The second-order valence-corrected chi connectivity index (χ2v) is 10.3. The first-order valence-corrected chi connectivity index (χ1v) is 13.2. The summed E-state index contributed by atoms with van der Waals surface area (Å²) in [6.07, 6.45) is 1.46. The van der Waals surface area contributed by atoms with Gasteiger partial charge in [-0.25, -0.2) is 4.98 Å². The normalized spacial score (nSPS) is 14.7. The Morgan fingerprint density at radius 1 is 1.22 bits per heavy atom. The van der Waals surface area contributed by atoms with Gasteiger partial charge in [0, 0.05) is 48.3 Å². The Bertz CT molecular complexity index is 1040. The van der Waals surface area contributed by atoms with Gasteiger partial charge in [0.05, 0.1) is 23.4 Å². The molecule has 0 bridgehead atoms. The summed E-state index contributed by atoms with van der Waals surface area (Å²) in [5.74, 6) is 0.842. The summed E-state index contributed by atoms with van der Waals surface area (Å²) in [4.78, 5) is 23.4. The lowest BCUT2D eigenvalue weighted by molar-refractivity contribution is -0.118. The lowest BCUT2D eigenvalue weighted by Gasteiger charge is -2.29. The van der Waals surface area contributed by atoms with Crippen molar-refractivity contribution in [3.63, 3.8) is 0 Å². The van der Waals surface area contributed by atoms with E-state index in [4.69, 9.17) is 21.3 Å². The van der Waals surface area contributed by atoms with Crippen molar-refractivity contribution in [2.45, 2.75) is 24.7 Å². The molecule has 0 aliphatic carbocycles. The second kappa shape index (κ2) is 11.5. The molecule has 2 heterocycles. The summed E-state index contributed by atoms with van der Waals surface area (Å²) >= 11 is 9.26. The number of carbonyl (C=O) groups is 1. The van der Waals surface area contributed by atoms with Crippen molar-refractivity contribution >= 4 is 56.0 Å². The Morgan fingerprint density at radius 3 is 2.75 bits per heavy atom. The van der Waals surface area contributed by atoms with Gasteiger partial charge in [-0.1, -0.05) is 35.9 Å². The van der Waals surface area contributed by atoms with Crippen LogP contribution in [-0.2, 0) is 16.0 Å². The number of halogens is 1. The summed E-state index contributed by atoms with van der Waals surface area (Å²) in [7, 11) is 0. The summed E-state index contributed by atoms with van der Waals surface area (Å²) in [5, 5.41) is 1.52. The standard InChI is InChI=1S/C24H28ClN3O2S2/c1-2-18-3-8-21-22(17-18)32-24(26-21)28(11-10-27-12-14-30-15-13-27)23(29)9-16-31-20-6-4-19(25)5-7-20/h3-8,17H,2,9-16H2,1H3. The first-order valence-electron chi connectivity index (χ1n) is 11.0. The van der Waals surface area contributed by atoms with Gasteiger partial charge in [0.1, 0.15) is 0 Å². The predicted octanol–water partition coefficient (Wildman–Crippen LogP) is 5.36. The van der Waals surface area contributed by atoms with Crippen LogP contribution < -0.4 is 4.90 Å². The average Bonchev–Trinajstić information content (AvgIpc) is 3.24. The molecule has 0 N–H and O–H groups in total. The topological polar surface area (TPSA) is 45.7 Å². The Labute approximate surface area is 202 Å². The number of nitrogens with zero attached hydrogens (tertiary/aromatic N) is 3. The van der Waals surface area contributed by atoms with E-state index in [0.717, 1.165) is 70.3 Å². The van der Waals surface area contributed by atoms with Gasteiger partial charge in [0.25, 0.3) is 0 Å². The number of anilines is 1. The van der Waals surface area contributed by atoms with E-state index < -0.39 is 0 Å². The van der Waals surface area contributed by atoms with Gasteiger partial charge in [-0.2, -0.15) is 0 Å². The van der Waals surface area contributed by atoms with Gasteiger partial charge in [-0.05, 0) is 48.4 Å². The molecule has 8 heteroatoms. The Balaban J connectivity index is 1.45. The SMILES string of the molecule is CCc1ccc2nc(N(CCN3CCOCC3)C(=O)CCSc3ccc(Cl)cc3)sc2c1. The maximum absolute atomic E-state index is 13.3. The third kappa shape index (κ3) is 6.23. The highest BCUT2D eigenvalue weighted by Crippen LogP contribution is 2.30. The summed E-state index contributed by atoms with van der Waals surface area (Å²) < 4.78 is 6.60. The van der Waals surface area contributed by atoms with Gasteiger partial charge in [0.2, 0.25) is 5.91 Å². The quantitative estimate of drug-likeness (QED) is 0.378. The molecular weight excluding hydrogens is 462 g/mol. The first-order chi connectivity index (χ1) is 15.6. The minimum Gasteiger partial charge on any atom is -0.379 e. The number of aromatic nitrogens is 1. The van der Waals surface area contributed by atoms with E-state index in [1.165, 1.54) is 5.56 Å². The molecule has 1 fully saturated rings. The Hall–Kier alpha value is -1.64. The van der Waals surface area contributed by atoms with Crippen LogP contribution in [0.2, 0.25) is 5.02 Å². The van der Waals surface area contributed by atoms with Crippen molar-refractivity contribution in [2.24, 2.45) is 0 Å². The third-order valence-corrected chi connectivity index (χ3v) is 7.83. The van der Waals surface area contributed by atoms with Crippen LogP contribution in [0.1, 0.15) is 18.9 Å². The van der Waals surface area contributed by atoms with Crippen LogP contribution in [0.25, 0.3) is 10.2 Å². The fourth-order valence-corrected chi connectivity index (χ4v) is 5.65. The molecule has 0 atom stereocenters. The molecule has 1 aromatic heterocycles. The number of aryl methyl sites for hydroxylation is 1. The van der Waals surface area contributed by atoms with Crippen molar-refractivity contribution in [3.05, 3.63) is 53.1 Å². The number of ether oxygens (including phenoxy) is 1. The molecule has 1 saturated heterocycles. The highest BCUT2D eigenvalue weighted by Gasteiger charge is 2.21. The third-order valence-electron chi connectivity index (χ3n) is 5.52. The van der Waals surface area contributed by atoms with E-state index in [2.05, 4.69) is 30.0 Å². The Kier molecular flexibility index (Phi) is 8.43. The van der Waals surface area contributed by atoms with Crippen molar-refractivity contribution in [1.82, 2.24) is 9.88 Å². The van der Waals surface area contributed by atoms with Gasteiger partial charge >= 0.3 is 0 Å². The molecular formula is C24H28ClN3O2S2. The van der Waals surface area contributed by atoms with Gasteiger partial charge in [0.15, 0.2) is 5.13 Å². The summed E-state index contributed by atoms with van der Waals surface area (Å²) in [6.45, 7) is 6.96. The highest BCUT2D eigenvalue weighted by molar-refractivity contribution is 7.99. The zero-order valence-electron chi connectivity index (χ0n) is 18.3. The van der Waals surface area contributed by atoms with E-state index in [1.54, 1.807) is 23.1 Å². The van der Waals surface area contributed by atoms with Gasteiger partial charge in [-0.3, -0.25) is 14.6 Å². The molecule has 0 unspecified atom stereocenters. The number of hydrogen-bond donors (Lipinski definition) is 0. The minimum absolute atomic E-state index is 0.120. The zero-order valence-corrected chi connectivity index (χ0v) is 20.6. The van der Waals surface area contributed by atoms with E-state index in [9.17, 15) is 4.79 Å². The number of hydrogen-bond acceptors (Lipinski definition) is 6. The maximum Gasteiger partial charge on any atom is 0.229 e. The van der Waals surface area contributed by atoms with Crippen LogP contribution in [0.3, 0.4) is 0 Å². The number of thiazole rings is 1. The van der Waals surface area contributed by atoms with Crippen LogP contribution in [0.15, 0.2) is 47.4 Å². The maximum atomic E-state index is 13.3. The molecule has 0 radical (unpaired) electrons.